The van der Waals surface area contributed by atoms with Crippen molar-refractivity contribution < 1.29 is 19.1 Å². The number of nitrogens with one attached hydrogen (secondary N) is 4. The lowest BCUT2D eigenvalue weighted by Gasteiger charge is -2.21. The van der Waals surface area contributed by atoms with Crippen LogP contribution in [0.2, 0.25) is 0 Å². The first-order chi connectivity index (χ1) is 17.9. The van der Waals surface area contributed by atoms with Crippen molar-refractivity contribution in [3.8, 4) is 11.5 Å². The molecule has 1 atom stereocenters. The molecule has 4 aromatic rings. The van der Waals surface area contributed by atoms with Crippen LogP contribution in [0.5, 0.6) is 11.5 Å². The van der Waals surface area contributed by atoms with Gasteiger partial charge in [0.05, 0.1) is 25.3 Å². The molecule has 10 nitrogen and oxygen atoms in total. The van der Waals surface area contributed by atoms with Gasteiger partial charge in [-0.25, -0.2) is 5.10 Å². The number of benzene rings is 3. The lowest BCUT2D eigenvalue weighted by atomic mass is 10.0. The van der Waals surface area contributed by atoms with E-state index in [2.05, 4.69) is 32.9 Å². The zero-order valence-corrected chi connectivity index (χ0v) is 20.2. The van der Waals surface area contributed by atoms with Gasteiger partial charge in [0.25, 0.3) is 17.4 Å². The van der Waals surface area contributed by atoms with Crippen LogP contribution in [0.4, 0.5) is 0 Å². The predicted octanol–water partition coefficient (Wildman–Crippen LogP) is 2.70. The fourth-order valence-corrected chi connectivity index (χ4v) is 3.74. The van der Waals surface area contributed by atoms with Gasteiger partial charge >= 0.3 is 0 Å². The second-order valence-electron chi connectivity index (χ2n) is 7.92. The summed E-state index contributed by atoms with van der Waals surface area (Å²) in [5, 5.41) is 9.99. The average molecular weight is 500 g/mol. The van der Waals surface area contributed by atoms with E-state index in [4.69, 9.17) is 9.47 Å². The van der Waals surface area contributed by atoms with Crippen molar-refractivity contribution in [2.45, 2.75) is 6.04 Å². The van der Waals surface area contributed by atoms with Crippen molar-refractivity contribution in [3.05, 3.63) is 107 Å². The van der Waals surface area contributed by atoms with Gasteiger partial charge in [-0.1, -0.05) is 43.0 Å². The van der Waals surface area contributed by atoms with E-state index in [9.17, 15) is 14.4 Å². The molecule has 188 valence electrons. The molecule has 0 bridgehead atoms. The number of amides is 2. The van der Waals surface area contributed by atoms with Crippen LogP contribution < -0.4 is 31.2 Å². The Kier molecular flexibility index (Phi) is 7.48. The van der Waals surface area contributed by atoms with Gasteiger partial charge in [-0.05, 0) is 30.3 Å². The minimum atomic E-state index is -1.26. The van der Waals surface area contributed by atoms with Gasteiger partial charge in [-0.15, -0.1) is 0 Å². The minimum Gasteiger partial charge on any atom is -0.497 e. The van der Waals surface area contributed by atoms with Crippen LogP contribution in [0.3, 0.4) is 0 Å². The largest absolute Gasteiger partial charge is 0.497 e. The third kappa shape index (κ3) is 5.43. The number of rotatable bonds is 9. The number of hydrogen-bond acceptors (Lipinski definition) is 7. The Balaban J connectivity index is 1.63. The first kappa shape index (κ1) is 25.0. The fourth-order valence-electron chi connectivity index (χ4n) is 3.74. The molecule has 1 heterocycles. The van der Waals surface area contributed by atoms with Crippen molar-refractivity contribution in [2.75, 3.05) is 14.2 Å². The van der Waals surface area contributed by atoms with Gasteiger partial charge in [0.2, 0.25) is 0 Å². The molecule has 0 fully saturated rings. The maximum Gasteiger partial charge on any atom is 0.272 e. The van der Waals surface area contributed by atoms with Gasteiger partial charge in [0, 0.05) is 22.6 Å². The third-order valence-electron chi connectivity index (χ3n) is 5.64. The van der Waals surface area contributed by atoms with Gasteiger partial charge < -0.3 is 14.8 Å². The minimum absolute atomic E-state index is 0.173. The van der Waals surface area contributed by atoms with Crippen LogP contribution >= 0.6 is 0 Å². The summed E-state index contributed by atoms with van der Waals surface area (Å²) < 4.78 is 10.6. The molecule has 37 heavy (non-hydrogen) atoms. The molecule has 3 aromatic carbocycles. The summed E-state index contributed by atoms with van der Waals surface area (Å²) in [5.74, 6) is -0.0541. The Hall–Kier alpha value is -5.12. The van der Waals surface area contributed by atoms with Crippen molar-refractivity contribution in [3.63, 3.8) is 0 Å². The molecule has 0 spiro atoms. The molecule has 10 heteroatoms. The van der Waals surface area contributed by atoms with Crippen molar-refractivity contribution in [1.29, 1.82) is 0 Å². The Morgan fingerprint density at radius 3 is 2.32 bits per heavy atom. The summed E-state index contributed by atoms with van der Waals surface area (Å²) in [4.78, 5) is 38.7. The van der Waals surface area contributed by atoms with E-state index in [1.807, 2.05) is 0 Å². The monoisotopic (exact) mass is 499 g/mol. The van der Waals surface area contributed by atoms with Gasteiger partial charge in [-0.2, -0.15) is 5.10 Å². The van der Waals surface area contributed by atoms with Crippen LogP contribution in [0, 0.1) is 0 Å². The highest BCUT2D eigenvalue weighted by Crippen LogP contribution is 2.28. The number of hydrogen-bond donors (Lipinski definition) is 4. The maximum absolute atomic E-state index is 13.4. The highest BCUT2D eigenvalue weighted by Gasteiger charge is 2.27. The molecule has 1 aromatic heterocycles. The number of H-pyrrole nitrogens is 1. The molecule has 4 rings (SSSR count). The predicted molar refractivity (Wildman–Crippen MR) is 139 cm³/mol. The quantitative estimate of drug-likeness (QED) is 0.260. The SMILES string of the molecule is C=C(NNC(=O)[C@H](NC(=O)c1ccccc1)c1n[nH]c(=O)c2ccccc12)c1ccc(OC)cc1OC. The summed E-state index contributed by atoms with van der Waals surface area (Å²) in [5.41, 5.74) is 6.38. The summed E-state index contributed by atoms with van der Waals surface area (Å²) in [6, 6.07) is 19.0. The second kappa shape index (κ2) is 11.1. The lowest BCUT2D eigenvalue weighted by Crippen LogP contribution is -2.46. The standard InChI is InChI=1S/C27H25N5O5/c1-16(19-14-13-18(36-2)15-22(19)37-3)29-32-27(35)24(28-25(33)17-9-5-4-6-10-17)23-20-11-7-8-12-21(20)26(34)31-30-23/h4-15,24,29H,1H2,2-3H3,(H,28,33)(H,31,34)(H,32,35)/t24-/m1/s1. The van der Waals surface area contributed by atoms with Crippen molar-refractivity contribution >= 4 is 28.3 Å². The number of aromatic nitrogens is 2. The summed E-state index contributed by atoms with van der Waals surface area (Å²) >= 11 is 0. The Morgan fingerprint density at radius 2 is 1.62 bits per heavy atom. The Morgan fingerprint density at radius 1 is 0.919 bits per heavy atom. The maximum atomic E-state index is 13.4. The van der Waals surface area contributed by atoms with E-state index in [0.717, 1.165) is 0 Å². The van der Waals surface area contributed by atoms with Crippen molar-refractivity contribution in [2.24, 2.45) is 0 Å². The van der Waals surface area contributed by atoms with Crippen molar-refractivity contribution in [1.82, 2.24) is 26.4 Å². The molecular weight excluding hydrogens is 474 g/mol. The topological polar surface area (TPSA) is 134 Å². The number of carbonyl (C=O) groups excluding carboxylic acids is 2. The van der Waals surface area contributed by atoms with Gasteiger partial charge in [-0.3, -0.25) is 25.2 Å². The molecule has 0 aliphatic heterocycles. The second-order valence-corrected chi connectivity index (χ2v) is 7.92. The number of methoxy groups -OCH3 is 2. The van der Waals surface area contributed by atoms with Gasteiger partial charge in [0.1, 0.15) is 17.2 Å². The van der Waals surface area contributed by atoms with Crippen LogP contribution in [0.25, 0.3) is 16.5 Å². The first-order valence-corrected chi connectivity index (χ1v) is 11.2. The normalized spacial score (nSPS) is 11.3. The highest BCUT2D eigenvalue weighted by atomic mass is 16.5. The molecular formula is C27H25N5O5. The van der Waals surface area contributed by atoms with Gasteiger partial charge in [0.15, 0.2) is 6.04 Å². The Labute approximate surface area is 212 Å². The smallest absolute Gasteiger partial charge is 0.272 e. The van der Waals surface area contributed by atoms with Crippen LogP contribution in [-0.2, 0) is 4.79 Å². The third-order valence-corrected chi connectivity index (χ3v) is 5.64. The molecule has 0 radical (unpaired) electrons. The molecule has 0 saturated heterocycles. The number of hydrazine groups is 1. The molecule has 0 aliphatic carbocycles. The molecule has 0 unspecified atom stereocenters. The van der Waals surface area contributed by atoms with E-state index in [1.54, 1.807) is 79.9 Å². The number of aromatic amines is 1. The lowest BCUT2D eigenvalue weighted by molar-refractivity contribution is -0.123. The van der Waals surface area contributed by atoms with E-state index in [-0.39, 0.29) is 5.69 Å². The fraction of sp³-hybridized carbons (Fsp3) is 0.111. The summed E-state index contributed by atoms with van der Waals surface area (Å²) in [7, 11) is 3.05. The number of ether oxygens (including phenoxy) is 2. The van der Waals surface area contributed by atoms with Crippen LogP contribution in [0.15, 0.2) is 84.2 Å². The Bertz CT molecular complexity index is 1520. The van der Waals surface area contributed by atoms with E-state index in [1.165, 1.54) is 7.11 Å². The molecule has 0 saturated carbocycles. The first-order valence-electron chi connectivity index (χ1n) is 11.2. The molecule has 2 amide bonds. The highest BCUT2D eigenvalue weighted by molar-refractivity contribution is 5.99. The molecule has 4 N–H and O–H groups in total. The number of fused-ring (bicyclic) bond motifs is 1. The van der Waals surface area contributed by atoms with E-state index >= 15 is 0 Å². The summed E-state index contributed by atoms with van der Waals surface area (Å²) in [6.45, 7) is 3.97. The number of nitrogens with zero attached hydrogens (tertiary/aromatic N) is 1. The average Bonchev–Trinajstić information content (AvgIpc) is 2.95. The molecule has 0 aliphatic rings. The van der Waals surface area contributed by atoms with E-state index in [0.29, 0.717) is 39.1 Å². The van der Waals surface area contributed by atoms with Crippen LogP contribution in [-0.4, -0.2) is 36.2 Å². The number of carbonyl (C=O) groups is 2. The van der Waals surface area contributed by atoms with Crippen LogP contribution in [0.1, 0.15) is 27.7 Å². The zero-order chi connectivity index (χ0) is 26.4. The summed E-state index contributed by atoms with van der Waals surface area (Å²) in [6.07, 6.45) is 0. The van der Waals surface area contributed by atoms with E-state index < -0.39 is 23.4 Å². The zero-order valence-electron chi connectivity index (χ0n) is 20.2.